The predicted molar refractivity (Wildman–Crippen MR) is 134 cm³/mol. The van der Waals surface area contributed by atoms with Crippen molar-refractivity contribution in [2.45, 2.75) is 40.2 Å². The molecule has 184 valence electrons. The summed E-state index contributed by atoms with van der Waals surface area (Å²) in [5, 5.41) is 11.5. The average Bonchev–Trinajstić information content (AvgIpc) is 3.20. The largest absolute Gasteiger partial charge is 0.497 e. The Hall–Kier alpha value is -2.93. The number of nitrogens with zero attached hydrogens (tertiary/aromatic N) is 3. The third kappa shape index (κ3) is 6.35. The van der Waals surface area contributed by atoms with E-state index in [0.29, 0.717) is 19.0 Å². The molecule has 34 heavy (non-hydrogen) atoms. The Balaban J connectivity index is 1.89. The second-order valence-electron chi connectivity index (χ2n) is 10.0. The molecule has 7 nitrogen and oxygen atoms in total. The highest BCUT2D eigenvalue weighted by Crippen LogP contribution is 2.36. The Morgan fingerprint density at radius 1 is 1.15 bits per heavy atom. The molecule has 7 heteroatoms. The Labute approximate surface area is 202 Å². The molecule has 0 radical (unpaired) electrons. The van der Waals surface area contributed by atoms with Gasteiger partial charge in [-0.1, -0.05) is 58.0 Å². The highest BCUT2D eigenvalue weighted by Gasteiger charge is 2.37. The summed E-state index contributed by atoms with van der Waals surface area (Å²) in [6, 6.07) is 15.1. The molecule has 0 saturated carbocycles. The molecular formula is C27H37N3O4. The normalized spacial score (nSPS) is 18.4. The number of rotatable bonds is 10. The van der Waals surface area contributed by atoms with Crippen molar-refractivity contribution in [2.75, 3.05) is 33.3 Å². The molecule has 2 atom stereocenters. The molecular weight excluding hydrogens is 430 g/mol. The molecule has 0 N–H and O–H groups in total. The van der Waals surface area contributed by atoms with E-state index < -0.39 is 0 Å². The summed E-state index contributed by atoms with van der Waals surface area (Å²) in [5.74, 6) is 1.73. The van der Waals surface area contributed by atoms with Gasteiger partial charge >= 0.3 is 0 Å². The van der Waals surface area contributed by atoms with Crippen LogP contribution < -0.4 is 4.74 Å². The number of nitro benzene ring substituents is 1. The lowest BCUT2D eigenvalue weighted by molar-refractivity contribution is -0.385. The van der Waals surface area contributed by atoms with Crippen LogP contribution in [0.3, 0.4) is 0 Å². The molecule has 1 aliphatic rings. The zero-order valence-electron chi connectivity index (χ0n) is 20.9. The zero-order valence-corrected chi connectivity index (χ0v) is 20.9. The first-order valence-corrected chi connectivity index (χ1v) is 12.1. The maximum atomic E-state index is 13.0. The number of para-hydroxylation sites is 1. The van der Waals surface area contributed by atoms with Crippen LogP contribution in [0.5, 0.6) is 5.75 Å². The SMILES string of the molecule is COc1cccc(C2CN(Cc3ccccc3[N+](=O)[O-])CC2CN(CC(C)C)C(=O)C(C)C)c1. The summed E-state index contributed by atoms with van der Waals surface area (Å²) in [5.41, 5.74) is 2.05. The predicted octanol–water partition coefficient (Wildman–Crippen LogP) is 4.96. The van der Waals surface area contributed by atoms with Crippen molar-refractivity contribution in [3.8, 4) is 5.75 Å². The van der Waals surface area contributed by atoms with Crippen LogP contribution in [0.4, 0.5) is 5.69 Å². The number of methoxy groups -OCH3 is 1. The maximum absolute atomic E-state index is 13.0. The van der Waals surface area contributed by atoms with Crippen molar-refractivity contribution < 1.29 is 14.5 Å². The number of amides is 1. The Kier molecular flexibility index (Phi) is 8.67. The summed E-state index contributed by atoms with van der Waals surface area (Å²) >= 11 is 0. The van der Waals surface area contributed by atoms with Gasteiger partial charge in [-0.25, -0.2) is 0 Å². The van der Waals surface area contributed by atoms with E-state index in [4.69, 9.17) is 4.74 Å². The van der Waals surface area contributed by atoms with Crippen LogP contribution in [0, 0.1) is 27.9 Å². The van der Waals surface area contributed by atoms with E-state index in [-0.39, 0.29) is 34.3 Å². The fourth-order valence-electron chi connectivity index (χ4n) is 4.93. The minimum absolute atomic E-state index is 0.0570. The Morgan fingerprint density at radius 3 is 2.53 bits per heavy atom. The van der Waals surface area contributed by atoms with E-state index >= 15 is 0 Å². The van der Waals surface area contributed by atoms with Crippen molar-refractivity contribution in [3.63, 3.8) is 0 Å². The number of carbonyl (C=O) groups is 1. The molecule has 3 rings (SSSR count). The first-order chi connectivity index (χ1) is 16.2. The molecule has 0 aromatic heterocycles. The van der Waals surface area contributed by atoms with Crippen LogP contribution in [0.2, 0.25) is 0 Å². The molecule has 1 fully saturated rings. The van der Waals surface area contributed by atoms with Crippen molar-refractivity contribution in [1.29, 1.82) is 0 Å². The summed E-state index contributed by atoms with van der Waals surface area (Å²) in [7, 11) is 1.66. The van der Waals surface area contributed by atoms with E-state index in [9.17, 15) is 14.9 Å². The van der Waals surface area contributed by atoms with Gasteiger partial charge in [0.15, 0.2) is 0 Å². The molecule has 2 unspecified atom stereocenters. The van der Waals surface area contributed by atoms with E-state index in [1.54, 1.807) is 19.2 Å². The minimum atomic E-state index is -0.311. The third-order valence-electron chi connectivity index (χ3n) is 6.47. The molecule has 0 bridgehead atoms. The van der Waals surface area contributed by atoms with Crippen LogP contribution in [0.25, 0.3) is 0 Å². The van der Waals surface area contributed by atoms with Gasteiger partial charge in [0.2, 0.25) is 5.91 Å². The van der Waals surface area contributed by atoms with Crippen LogP contribution >= 0.6 is 0 Å². The van der Waals surface area contributed by atoms with Gasteiger partial charge in [0.25, 0.3) is 5.69 Å². The molecule has 2 aromatic carbocycles. The fourth-order valence-corrected chi connectivity index (χ4v) is 4.93. The highest BCUT2D eigenvalue weighted by molar-refractivity contribution is 5.78. The van der Waals surface area contributed by atoms with Crippen LogP contribution in [-0.2, 0) is 11.3 Å². The number of hydrogen-bond donors (Lipinski definition) is 0. The van der Waals surface area contributed by atoms with Crippen molar-refractivity contribution in [1.82, 2.24) is 9.80 Å². The van der Waals surface area contributed by atoms with Gasteiger partial charge < -0.3 is 9.64 Å². The van der Waals surface area contributed by atoms with E-state index in [1.165, 1.54) is 5.56 Å². The van der Waals surface area contributed by atoms with E-state index in [2.05, 4.69) is 30.9 Å². The van der Waals surface area contributed by atoms with Gasteiger partial charge in [-0.15, -0.1) is 0 Å². The Morgan fingerprint density at radius 2 is 1.88 bits per heavy atom. The summed E-state index contributed by atoms with van der Waals surface area (Å²) in [4.78, 5) is 28.5. The second kappa shape index (κ2) is 11.5. The summed E-state index contributed by atoms with van der Waals surface area (Å²) < 4.78 is 5.46. The number of benzene rings is 2. The first-order valence-electron chi connectivity index (χ1n) is 12.1. The summed E-state index contributed by atoms with van der Waals surface area (Å²) in [6.45, 7) is 11.6. The number of carbonyl (C=O) groups excluding carboxylic acids is 1. The molecule has 0 aliphatic carbocycles. The lowest BCUT2D eigenvalue weighted by Gasteiger charge is -2.31. The van der Waals surface area contributed by atoms with Crippen molar-refractivity contribution in [3.05, 3.63) is 69.8 Å². The number of nitro groups is 1. The van der Waals surface area contributed by atoms with E-state index in [0.717, 1.165) is 30.9 Å². The molecule has 1 heterocycles. The van der Waals surface area contributed by atoms with Gasteiger partial charge in [0, 0.05) is 56.2 Å². The lowest BCUT2D eigenvalue weighted by Crippen LogP contribution is -2.41. The fraction of sp³-hybridized carbons (Fsp3) is 0.519. The Bertz CT molecular complexity index is 991. The average molecular weight is 468 g/mol. The topological polar surface area (TPSA) is 75.9 Å². The van der Waals surface area contributed by atoms with Gasteiger partial charge in [-0.3, -0.25) is 19.8 Å². The molecule has 1 amide bonds. The molecule has 1 aliphatic heterocycles. The second-order valence-corrected chi connectivity index (χ2v) is 10.0. The van der Waals surface area contributed by atoms with Gasteiger partial charge in [0.05, 0.1) is 12.0 Å². The van der Waals surface area contributed by atoms with Crippen LogP contribution in [0.15, 0.2) is 48.5 Å². The monoisotopic (exact) mass is 467 g/mol. The van der Waals surface area contributed by atoms with Gasteiger partial charge in [0.1, 0.15) is 5.75 Å². The number of ether oxygens (including phenoxy) is 1. The zero-order chi connectivity index (χ0) is 24.8. The number of likely N-dealkylation sites (tertiary alicyclic amines) is 1. The molecule has 0 spiro atoms. The quantitative estimate of drug-likeness (QED) is 0.365. The van der Waals surface area contributed by atoms with Crippen molar-refractivity contribution in [2.24, 2.45) is 17.8 Å². The van der Waals surface area contributed by atoms with Crippen LogP contribution in [-0.4, -0.2) is 53.9 Å². The van der Waals surface area contributed by atoms with Gasteiger partial charge in [-0.05, 0) is 29.5 Å². The smallest absolute Gasteiger partial charge is 0.273 e. The minimum Gasteiger partial charge on any atom is -0.497 e. The molecule has 2 aromatic rings. The highest BCUT2D eigenvalue weighted by atomic mass is 16.6. The first kappa shape index (κ1) is 25.7. The number of hydrogen-bond acceptors (Lipinski definition) is 5. The van der Waals surface area contributed by atoms with Crippen LogP contribution in [0.1, 0.15) is 44.7 Å². The third-order valence-corrected chi connectivity index (χ3v) is 6.47. The molecule has 1 saturated heterocycles. The standard InChI is InChI=1S/C27H37N3O4/c1-19(2)14-29(27(31)20(3)4)17-23-16-28(15-22-9-6-7-12-26(22)30(32)33)18-25(23)21-10-8-11-24(13-21)34-5/h6-13,19-20,23,25H,14-18H2,1-5H3. The summed E-state index contributed by atoms with van der Waals surface area (Å²) in [6.07, 6.45) is 0. The van der Waals surface area contributed by atoms with Crippen molar-refractivity contribution >= 4 is 11.6 Å². The van der Waals surface area contributed by atoms with E-state index in [1.807, 2.05) is 43.0 Å². The van der Waals surface area contributed by atoms with Gasteiger partial charge in [-0.2, -0.15) is 0 Å². The lowest BCUT2D eigenvalue weighted by atomic mass is 9.88. The maximum Gasteiger partial charge on any atom is 0.273 e.